The van der Waals surface area contributed by atoms with Gasteiger partial charge in [-0.25, -0.2) is 4.98 Å². The molecule has 2 rings (SSSR count). The standard InChI is InChI=1S/C18H24N2O/c1-12(2)19-10-16-9-15(5)18(20-11-16)21-17-7-6-13(3)8-14(17)4/h6-9,11-12,19H,10H2,1-5H3. The Labute approximate surface area is 127 Å². The van der Waals surface area contributed by atoms with Crippen LogP contribution in [0.15, 0.2) is 30.5 Å². The molecule has 0 atom stereocenters. The van der Waals surface area contributed by atoms with Gasteiger partial charge in [0.1, 0.15) is 5.75 Å². The Kier molecular flexibility index (Phi) is 4.97. The number of pyridine rings is 1. The van der Waals surface area contributed by atoms with Gasteiger partial charge in [-0.1, -0.05) is 31.5 Å². The van der Waals surface area contributed by atoms with Crippen molar-refractivity contribution in [2.75, 3.05) is 0 Å². The van der Waals surface area contributed by atoms with Gasteiger partial charge < -0.3 is 10.1 Å². The molecule has 0 saturated heterocycles. The minimum absolute atomic E-state index is 0.469. The van der Waals surface area contributed by atoms with Crippen LogP contribution in [0.4, 0.5) is 0 Å². The first-order valence-electron chi connectivity index (χ1n) is 7.39. The van der Waals surface area contributed by atoms with Gasteiger partial charge in [0.15, 0.2) is 0 Å². The SMILES string of the molecule is Cc1ccc(Oc2ncc(CNC(C)C)cc2C)c(C)c1. The molecular weight excluding hydrogens is 260 g/mol. The Morgan fingerprint density at radius 2 is 1.86 bits per heavy atom. The number of rotatable bonds is 5. The van der Waals surface area contributed by atoms with E-state index >= 15 is 0 Å². The minimum Gasteiger partial charge on any atom is -0.438 e. The molecule has 0 spiro atoms. The lowest BCUT2D eigenvalue weighted by atomic mass is 10.1. The highest BCUT2D eigenvalue weighted by atomic mass is 16.5. The van der Waals surface area contributed by atoms with Gasteiger partial charge in [-0.3, -0.25) is 0 Å². The van der Waals surface area contributed by atoms with Crippen LogP contribution in [0.2, 0.25) is 0 Å². The number of aromatic nitrogens is 1. The van der Waals surface area contributed by atoms with Crippen LogP contribution in [0, 0.1) is 20.8 Å². The molecule has 3 heteroatoms. The normalized spacial score (nSPS) is 11.0. The number of nitrogens with one attached hydrogen (secondary N) is 1. The van der Waals surface area contributed by atoms with E-state index in [9.17, 15) is 0 Å². The third-order valence-corrected chi connectivity index (χ3v) is 3.34. The van der Waals surface area contributed by atoms with Gasteiger partial charge in [-0.15, -0.1) is 0 Å². The first-order chi connectivity index (χ1) is 9.95. The average Bonchev–Trinajstić information content (AvgIpc) is 2.42. The van der Waals surface area contributed by atoms with Crippen LogP contribution >= 0.6 is 0 Å². The van der Waals surface area contributed by atoms with Crippen molar-refractivity contribution in [3.63, 3.8) is 0 Å². The van der Waals surface area contributed by atoms with Crippen LogP contribution in [0.25, 0.3) is 0 Å². The highest BCUT2D eigenvalue weighted by Gasteiger charge is 2.07. The van der Waals surface area contributed by atoms with Crippen LogP contribution < -0.4 is 10.1 Å². The molecule has 0 aliphatic carbocycles. The Morgan fingerprint density at radius 3 is 2.48 bits per heavy atom. The second-order valence-electron chi connectivity index (χ2n) is 5.87. The molecule has 0 bridgehead atoms. The van der Waals surface area contributed by atoms with Crippen molar-refractivity contribution in [1.29, 1.82) is 0 Å². The van der Waals surface area contributed by atoms with Crippen molar-refractivity contribution < 1.29 is 4.74 Å². The summed E-state index contributed by atoms with van der Waals surface area (Å²) in [7, 11) is 0. The van der Waals surface area contributed by atoms with E-state index in [4.69, 9.17) is 4.74 Å². The maximum absolute atomic E-state index is 5.94. The summed E-state index contributed by atoms with van der Waals surface area (Å²) >= 11 is 0. The summed E-state index contributed by atoms with van der Waals surface area (Å²) in [5, 5.41) is 3.39. The maximum Gasteiger partial charge on any atom is 0.222 e. The summed E-state index contributed by atoms with van der Waals surface area (Å²) in [5.74, 6) is 1.54. The van der Waals surface area contributed by atoms with Crippen molar-refractivity contribution >= 4 is 0 Å². The van der Waals surface area contributed by atoms with Gasteiger partial charge in [0, 0.05) is 24.3 Å². The summed E-state index contributed by atoms with van der Waals surface area (Å²) in [6.07, 6.45) is 1.88. The molecule has 0 saturated carbocycles. The van der Waals surface area contributed by atoms with Crippen LogP contribution in [0.1, 0.15) is 36.1 Å². The number of ether oxygens (including phenoxy) is 1. The summed E-state index contributed by atoms with van der Waals surface area (Å²) in [6, 6.07) is 8.77. The quantitative estimate of drug-likeness (QED) is 0.889. The van der Waals surface area contributed by atoms with Gasteiger partial charge in [0.2, 0.25) is 5.88 Å². The number of nitrogens with zero attached hydrogens (tertiary/aromatic N) is 1. The van der Waals surface area contributed by atoms with E-state index in [1.54, 1.807) is 0 Å². The van der Waals surface area contributed by atoms with Crippen molar-refractivity contribution in [1.82, 2.24) is 10.3 Å². The van der Waals surface area contributed by atoms with Crippen LogP contribution in [0.5, 0.6) is 11.6 Å². The highest BCUT2D eigenvalue weighted by molar-refractivity contribution is 5.40. The van der Waals surface area contributed by atoms with Crippen molar-refractivity contribution in [2.45, 2.75) is 47.2 Å². The zero-order chi connectivity index (χ0) is 15.4. The molecule has 0 aliphatic heterocycles. The molecule has 112 valence electrons. The van der Waals surface area contributed by atoms with E-state index in [0.717, 1.165) is 23.4 Å². The van der Waals surface area contributed by atoms with E-state index in [1.807, 2.05) is 19.2 Å². The fourth-order valence-corrected chi connectivity index (χ4v) is 2.16. The summed E-state index contributed by atoms with van der Waals surface area (Å²) in [4.78, 5) is 4.45. The number of benzene rings is 1. The molecule has 0 unspecified atom stereocenters. The van der Waals surface area contributed by atoms with Crippen molar-refractivity contribution in [3.05, 3.63) is 52.7 Å². The van der Waals surface area contributed by atoms with Gasteiger partial charge in [0.25, 0.3) is 0 Å². The predicted molar refractivity (Wildman–Crippen MR) is 86.9 cm³/mol. The lowest BCUT2D eigenvalue weighted by Crippen LogP contribution is -2.21. The van der Waals surface area contributed by atoms with E-state index < -0.39 is 0 Å². The molecule has 0 aliphatic rings. The molecule has 0 radical (unpaired) electrons. The van der Waals surface area contributed by atoms with Gasteiger partial charge >= 0.3 is 0 Å². The van der Waals surface area contributed by atoms with E-state index in [-0.39, 0.29) is 0 Å². The number of aryl methyl sites for hydroxylation is 3. The maximum atomic E-state index is 5.94. The number of hydrogen-bond donors (Lipinski definition) is 1. The zero-order valence-electron chi connectivity index (χ0n) is 13.5. The van der Waals surface area contributed by atoms with E-state index in [2.05, 4.69) is 56.2 Å². The molecule has 0 fully saturated rings. The lowest BCUT2D eigenvalue weighted by molar-refractivity contribution is 0.454. The fraction of sp³-hybridized carbons (Fsp3) is 0.389. The van der Waals surface area contributed by atoms with Crippen LogP contribution in [-0.4, -0.2) is 11.0 Å². The Balaban J connectivity index is 2.13. The Morgan fingerprint density at radius 1 is 1.10 bits per heavy atom. The summed E-state index contributed by atoms with van der Waals surface area (Å²) in [6.45, 7) is 11.3. The second-order valence-corrected chi connectivity index (χ2v) is 5.87. The third-order valence-electron chi connectivity index (χ3n) is 3.34. The molecule has 2 aromatic rings. The zero-order valence-corrected chi connectivity index (χ0v) is 13.5. The van der Waals surface area contributed by atoms with Gasteiger partial charge in [-0.05, 0) is 44.0 Å². The van der Waals surface area contributed by atoms with Crippen LogP contribution in [-0.2, 0) is 6.54 Å². The first kappa shape index (κ1) is 15.5. The lowest BCUT2D eigenvalue weighted by Gasteiger charge is -2.12. The largest absolute Gasteiger partial charge is 0.438 e. The summed E-state index contributed by atoms with van der Waals surface area (Å²) < 4.78 is 5.94. The second kappa shape index (κ2) is 6.72. The monoisotopic (exact) mass is 284 g/mol. The molecule has 0 amide bonds. The molecule has 1 aromatic heterocycles. The van der Waals surface area contributed by atoms with Gasteiger partial charge in [-0.2, -0.15) is 0 Å². The molecule has 21 heavy (non-hydrogen) atoms. The molecule has 1 N–H and O–H groups in total. The van der Waals surface area contributed by atoms with E-state index in [0.29, 0.717) is 11.9 Å². The molecule has 3 nitrogen and oxygen atoms in total. The highest BCUT2D eigenvalue weighted by Crippen LogP contribution is 2.26. The number of hydrogen-bond acceptors (Lipinski definition) is 3. The molecule has 1 heterocycles. The topological polar surface area (TPSA) is 34.1 Å². The third kappa shape index (κ3) is 4.30. The van der Waals surface area contributed by atoms with E-state index in [1.165, 1.54) is 11.1 Å². The molecule has 1 aromatic carbocycles. The van der Waals surface area contributed by atoms with Crippen molar-refractivity contribution in [3.8, 4) is 11.6 Å². The predicted octanol–water partition coefficient (Wildman–Crippen LogP) is 4.30. The average molecular weight is 284 g/mol. The molecular formula is C18H24N2O. The Bertz CT molecular complexity index is 621. The summed E-state index contributed by atoms with van der Waals surface area (Å²) in [5.41, 5.74) is 4.59. The van der Waals surface area contributed by atoms with Gasteiger partial charge in [0.05, 0.1) is 0 Å². The van der Waals surface area contributed by atoms with Crippen molar-refractivity contribution in [2.24, 2.45) is 0 Å². The fourth-order valence-electron chi connectivity index (χ4n) is 2.16. The minimum atomic E-state index is 0.469. The van der Waals surface area contributed by atoms with Crippen LogP contribution in [0.3, 0.4) is 0 Å². The Hall–Kier alpha value is -1.87. The smallest absolute Gasteiger partial charge is 0.222 e. The first-order valence-corrected chi connectivity index (χ1v) is 7.39.